The number of ether oxygens (including phenoxy) is 1. The lowest BCUT2D eigenvalue weighted by atomic mass is 9.86. The van der Waals surface area contributed by atoms with Gasteiger partial charge >= 0.3 is 0 Å². The molecule has 3 aromatic carbocycles. The molecule has 5 heterocycles. The van der Waals surface area contributed by atoms with Gasteiger partial charge in [-0.2, -0.15) is 0 Å². The number of aromatic nitrogens is 2. The van der Waals surface area contributed by atoms with Crippen LogP contribution in [0.4, 0.5) is 5.69 Å². The van der Waals surface area contributed by atoms with Gasteiger partial charge in [-0.05, 0) is 106 Å². The van der Waals surface area contributed by atoms with Gasteiger partial charge in [-0.1, -0.05) is 43.4 Å². The first-order valence-electron chi connectivity index (χ1n) is 32.8. The van der Waals surface area contributed by atoms with Crippen molar-refractivity contribution in [3.05, 3.63) is 77.9 Å². The fraction of sp³-hybridized carbons (Fsp3) is 0.569. The number of phenolic OH excluding ortho intramolecular Hbond substituents is 1. The Kier molecular flexibility index (Phi) is 24.7. The topological polar surface area (TPSA) is 450 Å². The lowest BCUT2D eigenvalue weighted by Gasteiger charge is -2.42. The predicted molar refractivity (Wildman–Crippen MR) is 350 cm³/mol. The van der Waals surface area contributed by atoms with Gasteiger partial charge in [0.2, 0.25) is 41.4 Å². The zero-order valence-electron chi connectivity index (χ0n) is 54.0. The summed E-state index contributed by atoms with van der Waals surface area (Å²) in [5.41, 5.74) is 14.0. The van der Waals surface area contributed by atoms with Crippen molar-refractivity contribution < 1.29 is 78.8 Å². The summed E-state index contributed by atoms with van der Waals surface area (Å²) in [7, 11) is 0. The van der Waals surface area contributed by atoms with E-state index in [1.54, 1.807) is 12.1 Å². The predicted octanol–water partition coefficient (Wildman–Crippen LogP) is -2.97. The van der Waals surface area contributed by atoms with Crippen LogP contribution in [0.15, 0.2) is 66.7 Å². The van der Waals surface area contributed by atoms with Crippen molar-refractivity contribution in [2.24, 2.45) is 23.3 Å². The van der Waals surface area contributed by atoms with Gasteiger partial charge in [0.1, 0.15) is 52.9 Å². The molecular formula is C65H90N14O16S. The molecule has 9 rings (SSSR count). The number of nitrogens with two attached hydrogens (primary N) is 2. The van der Waals surface area contributed by atoms with E-state index in [1.807, 2.05) is 12.1 Å². The lowest BCUT2D eigenvalue weighted by molar-refractivity contribution is -0.147. The van der Waals surface area contributed by atoms with Gasteiger partial charge in [0.25, 0.3) is 5.91 Å². The number of hydrogen-bond donors (Lipinski definition) is 15. The van der Waals surface area contributed by atoms with Crippen LogP contribution in [0.3, 0.4) is 0 Å². The van der Waals surface area contributed by atoms with Crippen LogP contribution in [0.5, 0.6) is 11.5 Å². The molecule has 30 nitrogen and oxygen atoms in total. The number of carbonyl (C=O) groups excluding carboxylic acids is 8. The molecule has 5 fully saturated rings. The number of phenols is 1. The molecule has 31 heteroatoms. The van der Waals surface area contributed by atoms with Crippen LogP contribution in [0.2, 0.25) is 0 Å². The van der Waals surface area contributed by atoms with Crippen LogP contribution in [-0.2, 0) is 40.0 Å². The summed E-state index contributed by atoms with van der Waals surface area (Å²) < 4.78 is 5.64. The third kappa shape index (κ3) is 17.8. The van der Waals surface area contributed by atoms with Crippen LogP contribution in [0.25, 0.3) is 21.1 Å². The molecule has 1 aliphatic carbocycles. The molecule has 4 aromatic rings. The molecule has 8 amide bonds. The number of carbonyl (C=O) groups is 8. The number of piperazine rings is 1. The van der Waals surface area contributed by atoms with Gasteiger partial charge in [0, 0.05) is 99.4 Å². The molecule has 4 saturated heterocycles. The molecule has 17 N–H and O–H groups in total. The fourth-order valence-corrected chi connectivity index (χ4v) is 13.9. The molecular weight excluding hydrogens is 1260 g/mol. The van der Waals surface area contributed by atoms with Crippen LogP contribution < -0.4 is 53.0 Å². The number of fused-ring (bicyclic) bond motifs is 2. The Morgan fingerprint density at radius 3 is 2.01 bits per heavy atom. The molecule has 522 valence electrons. The Bertz CT molecular complexity index is 3370. The largest absolute Gasteiger partial charge is 0.504 e. The summed E-state index contributed by atoms with van der Waals surface area (Å²) in [6, 6.07) is 7.93. The van der Waals surface area contributed by atoms with Crippen molar-refractivity contribution in [1.82, 2.24) is 56.8 Å². The number of benzene rings is 3. The van der Waals surface area contributed by atoms with E-state index in [0.717, 1.165) is 60.1 Å². The Hall–Kier alpha value is -7.98. The minimum atomic E-state index is -2.08. The third-order valence-electron chi connectivity index (χ3n) is 18.7. The van der Waals surface area contributed by atoms with E-state index in [9.17, 15) is 74.1 Å². The van der Waals surface area contributed by atoms with Gasteiger partial charge in [0.15, 0.2) is 11.5 Å². The van der Waals surface area contributed by atoms with E-state index in [4.69, 9.17) is 16.2 Å². The van der Waals surface area contributed by atoms with E-state index in [2.05, 4.69) is 71.0 Å². The van der Waals surface area contributed by atoms with Crippen LogP contribution in [-0.4, -0.2) is 259 Å². The average Bonchev–Trinajstić information content (AvgIpc) is 1.65. The smallest absolute Gasteiger partial charge is 0.251 e. The minimum Gasteiger partial charge on any atom is -0.504 e. The number of aromatic hydroxyl groups is 1. The Labute approximate surface area is 559 Å². The van der Waals surface area contributed by atoms with Crippen molar-refractivity contribution in [2.45, 2.75) is 151 Å². The number of amides is 8. The maximum absolute atomic E-state index is 14.8. The Morgan fingerprint density at radius 2 is 1.36 bits per heavy atom. The maximum Gasteiger partial charge on any atom is 0.251 e. The average molecular weight is 1360 g/mol. The highest BCUT2D eigenvalue weighted by Crippen LogP contribution is 2.34. The van der Waals surface area contributed by atoms with Gasteiger partial charge in [0.05, 0.1) is 49.7 Å². The van der Waals surface area contributed by atoms with Crippen molar-refractivity contribution >= 4 is 64.3 Å². The molecule has 13 atom stereocenters. The van der Waals surface area contributed by atoms with Gasteiger partial charge < -0.3 is 98.6 Å². The number of β-amino-alcohol motifs (C(OH)–C–C–N with tert-alkyl or cyclic N) is 1. The molecule has 1 unspecified atom stereocenters. The monoisotopic (exact) mass is 1350 g/mol. The van der Waals surface area contributed by atoms with E-state index < -0.39 is 158 Å². The Balaban J connectivity index is 0.946. The second-order valence-electron chi connectivity index (χ2n) is 25.8. The van der Waals surface area contributed by atoms with E-state index in [-0.39, 0.29) is 61.8 Å². The van der Waals surface area contributed by atoms with Crippen LogP contribution in [0, 0.1) is 11.8 Å². The third-order valence-corrected chi connectivity index (χ3v) is 19.7. The zero-order valence-corrected chi connectivity index (χ0v) is 54.8. The van der Waals surface area contributed by atoms with Crippen molar-refractivity contribution in [3.63, 3.8) is 0 Å². The van der Waals surface area contributed by atoms with Crippen molar-refractivity contribution in [3.8, 4) is 32.6 Å². The molecule has 0 radical (unpaired) electrons. The van der Waals surface area contributed by atoms with Crippen LogP contribution >= 0.6 is 11.3 Å². The molecule has 0 spiro atoms. The quantitative estimate of drug-likeness (QED) is 0.0442. The first kappa shape index (κ1) is 72.3. The summed E-state index contributed by atoms with van der Waals surface area (Å²) in [4.78, 5) is 120. The standard InChI is InChI=1S/C65H90N14O16S/c1-34-4-13-41(14-5-34)76-21-23-77(24-22-76)42-15-11-40(12-16-42)63-75-74-62(96-63)39-9-7-38(8-10-39)57(88)70-45-28-43(81)31-69-61(92)55-56(87)35(2)32-79(55)65(94)54(48(84)18-19-66)73-60(91)53(49(85)26-37-6-17-47(83)50(27-37)95-25-20-68-51(86)30-67)72-59(90)46-29-44(82)33-78(46)64(93)52(36(3)80)71-58(45)89/h6-12,15-17,27,34-36,41,43-46,48-49,52-56,80-85,87H,4-5,13-14,18-26,28-33,66-67H2,1-3H3,(H,68,86)(H,69,92)(H,70,88)(H,71,89)(H,72,90)(H,73,91)/t34?,35-,36+,41?,43+,44+,45?,46-,48+,49+,52-,53-,54-,55-,56-/m0/s1. The molecule has 4 aliphatic heterocycles. The van der Waals surface area contributed by atoms with Gasteiger partial charge in [-0.3, -0.25) is 43.3 Å². The van der Waals surface area contributed by atoms with E-state index >= 15 is 0 Å². The normalized spacial score (nSPS) is 27.8. The number of aliphatic hydroxyl groups excluding tert-OH is 6. The zero-order chi connectivity index (χ0) is 69.1. The highest BCUT2D eigenvalue weighted by molar-refractivity contribution is 7.17. The number of anilines is 1. The van der Waals surface area contributed by atoms with E-state index in [1.165, 1.54) is 74.3 Å². The highest BCUT2D eigenvalue weighted by Gasteiger charge is 2.50. The number of hydrogen-bond acceptors (Lipinski definition) is 23. The SMILES string of the molecule is CC1CCC(N2CCN(c3ccc(-c4nnc(-c5ccc(C(=O)NC6C[C@@H](O)CNC(=O)[C@@H]7[C@@H](O)[C@@H](C)CN7C(=O)[C@H]([C@H](O)CCN)NC(=O)[C@H]([C@H](O)Cc7ccc(O)c(OCCNC(=O)CN)c7)NC(=O)[C@@H]7C[C@@H](O)CN7C(=O)[C@H]([C@@H](C)O)NC6=O)cc5)s4)cc3)CC2)CC1. The summed E-state index contributed by atoms with van der Waals surface area (Å²) in [6.07, 6.45) is -6.96. The molecule has 5 aliphatic rings. The van der Waals surface area contributed by atoms with Crippen molar-refractivity contribution in [1.29, 1.82) is 0 Å². The second kappa shape index (κ2) is 32.8. The number of rotatable bonds is 18. The lowest BCUT2D eigenvalue weighted by Crippen LogP contribution is -2.64. The molecule has 1 saturated carbocycles. The number of nitrogens with one attached hydrogen (secondary N) is 6. The second-order valence-corrected chi connectivity index (χ2v) is 26.7. The first-order valence-corrected chi connectivity index (χ1v) is 33.6. The van der Waals surface area contributed by atoms with Gasteiger partial charge in [-0.15, -0.1) is 10.2 Å². The Morgan fingerprint density at radius 1 is 0.729 bits per heavy atom. The molecule has 1 aromatic heterocycles. The van der Waals surface area contributed by atoms with E-state index in [0.29, 0.717) is 21.6 Å². The first-order chi connectivity index (χ1) is 45.9. The van der Waals surface area contributed by atoms with Crippen LogP contribution in [0.1, 0.15) is 81.6 Å². The summed E-state index contributed by atoms with van der Waals surface area (Å²) in [5.74, 6) is -8.56. The number of aliphatic hydroxyl groups is 6. The van der Waals surface area contributed by atoms with Crippen molar-refractivity contribution in [2.75, 3.05) is 77.0 Å². The maximum atomic E-state index is 14.8. The summed E-state index contributed by atoms with van der Waals surface area (Å²) in [5, 5.41) is 104. The number of nitrogens with zero attached hydrogens (tertiary/aromatic N) is 6. The molecule has 96 heavy (non-hydrogen) atoms. The summed E-state index contributed by atoms with van der Waals surface area (Å²) in [6.45, 7) is 6.82. The van der Waals surface area contributed by atoms with Gasteiger partial charge in [-0.25, -0.2) is 0 Å². The molecule has 0 bridgehead atoms. The fourth-order valence-electron chi connectivity index (χ4n) is 13.1. The summed E-state index contributed by atoms with van der Waals surface area (Å²) >= 11 is 1.35. The highest BCUT2D eigenvalue weighted by atomic mass is 32.1. The minimum absolute atomic E-state index is 0.00482.